The lowest BCUT2D eigenvalue weighted by molar-refractivity contribution is 0.499. The van der Waals surface area contributed by atoms with Crippen molar-refractivity contribution in [1.82, 2.24) is 9.97 Å². The van der Waals surface area contributed by atoms with Crippen molar-refractivity contribution in [2.75, 3.05) is 0 Å². The molecular formula is C8H7BF3N2-. The molecule has 0 amide bonds. The van der Waals surface area contributed by atoms with Gasteiger partial charge in [-0.25, -0.2) is 9.97 Å². The predicted octanol–water partition coefficient (Wildman–Crippen LogP) is 2.52. The van der Waals surface area contributed by atoms with E-state index in [1.807, 2.05) is 0 Å². The zero-order chi connectivity index (χ0) is 10.6. The molecule has 0 aromatic carbocycles. The van der Waals surface area contributed by atoms with Crippen LogP contribution in [0.3, 0.4) is 0 Å². The molecular weight excluding hydrogens is 192 g/mol. The fourth-order valence-electron chi connectivity index (χ4n) is 0.760. The van der Waals surface area contributed by atoms with E-state index in [9.17, 15) is 12.9 Å². The van der Waals surface area contributed by atoms with Crippen molar-refractivity contribution in [3.8, 4) is 0 Å². The second-order valence-corrected chi connectivity index (χ2v) is 2.56. The lowest BCUT2D eigenvalue weighted by Crippen LogP contribution is -2.09. The number of hydrogen-bond acceptors (Lipinski definition) is 2. The molecule has 0 radical (unpaired) electrons. The normalized spacial score (nSPS) is 11.9. The third-order valence-electron chi connectivity index (χ3n) is 1.38. The Labute approximate surface area is 79.3 Å². The van der Waals surface area contributed by atoms with Crippen LogP contribution in [0.2, 0.25) is 0 Å². The number of rotatable bonds is 3. The second-order valence-electron chi connectivity index (χ2n) is 2.56. The van der Waals surface area contributed by atoms with Crippen LogP contribution in [0, 0.1) is 0 Å². The first-order valence-corrected chi connectivity index (χ1v) is 3.85. The van der Waals surface area contributed by atoms with E-state index in [2.05, 4.69) is 16.5 Å². The maximum atomic E-state index is 11.8. The monoisotopic (exact) mass is 199 g/mol. The van der Waals surface area contributed by atoms with Gasteiger partial charge in [-0.3, -0.25) is 0 Å². The standard InChI is InChI=1S/C8H7BF3N2/c1-2-8-13-5-7(6-14-8)3-4-9(10,11)12/h2-6H,1H2/q-1/b4-3+. The lowest BCUT2D eigenvalue weighted by atomic mass is 9.91. The van der Waals surface area contributed by atoms with Crippen LogP contribution in [0.1, 0.15) is 11.4 Å². The maximum Gasteiger partial charge on any atom is 0.502 e. The van der Waals surface area contributed by atoms with Crippen LogP contribution in [0.5, 0.6) is 0 Å². The highest BCUT2D eigenvalue weighted by molar-refractivity contribution is 6.64. The fourth-order valence-corrected chi connectivity index (χ4v) is 0.760. The van der Waals surface area contributed by atoms with Crippen LogP contribution in [-0.2, 0) is 0 Å². The van der Waals surface area contributed by atoms with Crippen molar-refractivity contribution in [2.24, 2.45) is 0 Å². The Kier molecular flexibility index (Phi) is 3.06. The average molecular weight is 199 g/mol. The van der Waals surface area contributed by atoms with Gasteiger partial charge in [0.15, 0.2) is 5.82 Å². The second kappa shape index (κ2) is 4.08. The van der Waals surface area contributed by atoms with Crippen LogP contribution >= 0.6 is 0 Å². The van der Waals surface area contributed by atoms with E-state index in [0.29, 0.717) is 11.4 Å². The summed E-state index contributed by atoms with van der Waals surface area (Å²) in [7, 11) is 0. The SMILES string of the molecule is C=Cc1ncc(/C=C/[B-](F)(F)F)cn1. The molecule has 1 aromatic rings. The summed E-state index contributed by atoms with van der Waals surface area (Å²) in [6.45, 7) is -1.47. The molecule has 74 valence electrons. The van der Waals surface area contributed by atoms with Crippen molar-refractivity contribution in [3.05, 3.63) is 36.3 Å². The molecule has 2 nitrogen and oxygen atoms in total. The molecule has 0 fully saturated rings. The van der Waals surface area contributed by atoms with Gasteiger partial charge in [0.25, 0.3) is 0 Å². The third kappa shape index (κ3) is 3.43. The zero-order valence-corrected chi connectivity index (χ0v) is 7.20. The molecule has 1 heterocycles. The Morgan fingerprint density at radius 2 is 1.79 bits per heavy atom. The maximum absolute atomic E-state index is 11.8. The Balaban J connectivity index is 2.78. The van der Waals surface area contributed by atoms with Gasteiger partial charge in [0, 0.05) is 18.0 Å². The molecule has 0 saturated heterocycles. The zero-order valence-electron chi connectivity index (χ0n) is 7.20. The molecule has 0 atom stereocenters. The number of halogens is 3. The van der Waals surface area contributed by atoms with Crippen molar-refractivity contribution < 1.29 is 12.9 Å². The topological polar surface area (TPSA) is 25.8 Å². The van der Waals surface area contributed by atoms with Crippen LogP contribution in [0.4, 0.5) is 12.9 Å². The van der Waals surface area contributed by atoms with Crippen molar-refractivity contribution in [3.63, 3.8) is 0 Å². The molecule has 1 rings (SSSR count). The summed E-state index contributed by atoms with van der Waals surface area (Å²) >= 11 is 0. The summed E-state index contributed by atoms with van der Waals surface area (Å²) in [5.41, 5.74) is 0.315. The third-order valence-corrected chi connectivity index (χ3v) is 1.38. The molecule has 0 bridgehead atoms. The van der Waals surface area contributed by atoms with E-state index >= 15 is 0 Å². The Hall–Kier alpha value is -1.59. The first-order valence-electron chi connectivity index (χ1n) is 3.85. The Morgan fingerprint density at radius 1 is 1.21 bits per heavy atom. The van der Waals surface area contributed by atoms with Crippen molar-refractivity contribution >= 4 is 19.1 Å². The quantitative estimate of drug-likeness (QED) is 0.698. The van der Waals surface area contributed by atoms with E-state index in [1.54, 1.807) is 0 Å². The first kappa shape index (κ1) is 10.5. The van der Waals surface area contributed by atoms with E-state index in [0.717, 1.165) is 6.08 Å². The minimum Gasteiger partial charge on any atom is -0.445 e. The summed E-state index contributed by atoms with van der Waals surface area (Å²) in [6, 6.07) is 0. The van der Waals surface area contributed by atoms with E-state index in [-0.39, 0.29) is 5.98 Å². The molecule has 0 saturated carbocycles. The van der Waals surface area contributed by atoms with E-state index in [4.69, 9.17) is 0 Å². The largest absolute Gasteiger partial charge is 0.502 e. The number of aromatic nitrogens is 2. The van der Waals surface area contributed by atoms with Gasteiger partial charge in [-0.15, -0.1) is 5.98 Å². The minimum absolute atomic E-state index is 0.201. The molecule has 0 aliphatic heterocycles. The highest BCUT2D eigenvalue weighted by Crippen LogP contribution is 2.11. The van der Waals surface area contributed by atoms with Crippen LogP contribution < -0.4 is 0 Å². The van der Waals surface area contributed by atoms with Gasteiger partial charge in [0.1, 0.15) is 0 Å². The fraction of sp³-hybridized carbons (Fsp3) is 0. The van der Waals surface area contributed by atoms with Crippen molar-refractivity contribution in [2.45, 2.75) is 0 Å². The summed E-state index contributed by atoms with van der Waals surface area (Å²) in [5.74, 6) is 0.589. The smallest absolute Gasteiger partial charge is 0.445 e. The molecule has 14 heavy (non-hydrogen) atoms. The average Bonchev–Trinajstić information content (AvgIpc) is 2.14. The number of hydrogen-bond donors (Lipinski definition) is 0. The van der Waals surface area contributed by atoms with Gasteiger partial charge < -0.3 is 12.9 Å². The molecule has 1 aromatic heterocycles. The summed E-state index contributed by atoms with van der Waals surface area (Å²) in [4.78, 5) is 7.51. The van der Waals surface area contributed by atoms with E-state index in [1.165, 1.54) is 18.5 Å². The van der Waals surface area contributed by atoms with Gasteiger partial charge >= 0.3 is 6.98 Å². The molecule has 0 aliphatic rings. The lowest BCUT2D eigenvalue weighted by Gasteiger charge is -2.05. The first-order chi connectivity index (χ1) is 6.51. The van der Waals surface area contributed by atoms with Crippen LogP contribution in [0.15, 0.2) is 24.9 Å². The predicted molar refractivity (Wildman–Crippen MR) is 50.2 cm³/mol. The Bertz CT molecular complexity index is 343. The molecule has 0 aliphatic carbocycles. The van der Waals surface area contributed by atoms with Gasteiger partial charge in [-0.2, -0.15) is 0 Å². The molecule has 6 heteroatoms. The highest BCUT2D eigenvalue weighted by atomic mass is 19.4. The molecule has 0 spiro atoms. The number of nitrogens with zero attached hydrogens (tertiary/aromatic N) is 2. The summed E-state index contributed by atoms with van der Waals surface area (Å²) < 4.78 is 35.4. The molecule has 0 unspecified atom stereocenters. The summed E-state index contributed by atoms with van der Waals surface area (Å²) in [5, 5.41) is 0. The van der Waals surface area contributed by atoms with Gasteiger partial charge in [-0.1, -0.05) is 12.7 Å². The van der Waals surface area contributed by atoms with Gasteiger partial charge in [0.05, 0.1) is 0 Å². The minimum atomic E-state index is -4.90. The van der Waals surface area contributed by atoms with E-state index < -0.39 is 6.98 Å². The van der Waals surface area contributed by atoms with Crippen molar-refractivity contribution in [1.29, 1.82) is 0 Å². The summed E-state index contributed by atoms with van der Waals surface area (Å²) in [6.07, 6.45) is 4.97. The highest BCUT2D eigenvalue weighted by Gasteiger charge is 2.16. The van der Waals surface area contributed by atoms with Crippen LogP contribution in [0.25, 0.3) is 12.2 Å². The molecule has 0 N–H and O–H groups in total. The Morgan fingerprint density at radius 3 is 2.21 bits per heavy atom. The van der Waals surface area contributed by atoms with Gasteiger partial charge in [0.2, 0.25) is 0 Å². The van der Waals surface area contributed by atoms with Gasteiger partial charge in [-0.05, 0) is 6.08 Å². The van der Waals surface area contributed by atoms with Crippen LogP contribution in [-0.4, -0.2) is 16.9 Å².